The van der Waals surface area contributed by atoms with Gasteiger partial charge in [0, 0.05) is 10.6 Å². The molecule has 0 aromatic heterocycles. The van der Waals surface area contributed by atoms with Gasteiger partial charge in [-0.1, -0.05) is 44.2 Å². The van der Waals surface area contributed by atoms with Crippen molar-refractivity contribution in [3.05, 3.63) is 47.0 Å². The molecule has 0 spiro atoms. The summed E-state index contributed by atoms with van der Waals surface area (Å²) in [7, 11) is 0. The Balaban J connectivity index is 2.66. The summed E-state index contributed by atoms with van der Waals surface area (Å²) in [5, 5.41) is 3.10. The summed E-state index contributed by atoms with van der Waals surface area (Å²) in [6.45, 7) is 8.04. The van der Waals surface area contributed by atoms with Gasteiger partial charge in [0.25, 0.3) is 5.91 Å². The van der Waals surface area contributed by atoms with Crippen molar-refractivity contribution in [2.75, 3.05) is 6.54 Å². The third-order valence-corrected chi connectivity index (χ3v) is 2.41. The van der Waals surface area contributed by atoms with E-state index in [2.05, 4.69) is 25.7 Å². The molecule has 0 saturated heterocycles. The zero-order chi connectivity index (χ0) is 12.1. The Kier molecular flexibility index (Phi) is 4.56. The van der Waals surface area contributed by atoms with Gasteiger partial charge in [0.2, 0.25) is 0 Å². The standard InChI is InChI=1S/C13H16ClNO/c1-9(2)11-4-6-12(7-5-11)13(16)15-8-10(3)14/h4-7,9H,3,8H2,1-2H3,(H,15,16). The highest BCUT2D eigenvalue weighted by Gasteiger charge is 2.05. The van der Waals surface area contributed by atoms with Crippen molar-refractivity contribution in [1.82, 2.24) is 5.32 Å². The van der Waals surface area contributed by atoms with E-state index >= 15 is 0 Å². The van der Waals surface area contributed by atoms with Crippen molar-refractivity contribution in [1.29, 1.82) is 0 Å². The topological polar surface area (TPSA) is 29.1 Å². The van der Waals surface area contributed by atoms with Gasteiger partial charge in [-0.25, -0.2) is 0 Å². The quantitative estimate of drug-likeness (QED) is 0.856. The van der Waals surface area contributed by atoms with E-state index < -0.39 is 0 Å². The molecule has 0 radical (unpaired) electrons. The van der Waals surface area contributed by atoms with Crippen LogP contribution >= 0.6 is 11.6 Å². The molecule has 0 saturated carbocycles. The van der Waals surface area contributed by atoms with Gasteiger partial charge in [0.15, 0.2) is 0 Å². The van der Waals surface area contributed by atoms with E-state index in [-0.39, 0.29) is 5.91 Å². The molecule has 3 heteroatoms. The fourth-order valence-corrected chi connectivity index (χ4v) is 1.36. The minimum Gasteiger partial charge on any atom is -0.347 e. The molecule has 0 aliphatic heterocycles. The Labute approximate surface area is 101 Å². The molecule has 0 aliphatic rings. The predicted molar refractivity (Wildman–Crippen MR) is 67.9 cm³/mol. The first-order valence-electron chi connectivity index (χ1n) is 5.22. The summed E-state index contributed by atoms with van der Waals surface area (Å²) in [5.74, 6) is 0.344. The SMILES string of the molecule is C=C(Cl)CNC(=O)c1ccc(C(C)C)cc1. The number of carbonyl (C=O) groups excluding carboxylic acids is 1. The molecule has 0 bridgehead atoms. The van der Waals surface area contributed by atoms with Crippen LogP contribution in [0.25, 0.3) is 0 Å². The first-order chi connectivity index (χ1) is 7.50. The van der Waals surface area contributed by atoms with Crippen molar-refractivity contribution in [2.24, 2.45) is 0 Å². The molecular weight excluding hydrogens is 222 g/mol. The summed E-state index contributed by atoms with van der Waals surface area (Å²) in [4.78, 5) is 11.6. The molecule has 86 valence electrons. The van der Waals surface area contributed by atoms with E-state index in [1.807, 2.05) is 24.3 Å². The lowest BCUT2D eigenvalue weighted by molar-refractivity contribution is 0.0957. The van der Waals surface area contributed by atoms with Gasteiger partial charge in [-0.05, 0) is 23.6 Å². The van der Waals surface area contributed by atoms with Crippen LogP contribution in [0.4, 0.5) is 0 Å². The highest BCUT2D eigenvalue weighted by Crippen LogP contribution is 2.14. The van der Waals surface area contributed by atoms with Gasteiger partial charge in [-0.3, -0.25) is 4.79 Å². The maximum absolute atomic E-state index is 11.6. The highest BCUT2D eigenvalue weighted by atomic mass is 35.5. The Morgan fingerprint density at radius 3 is 2.38 bits per heavy atom. The van der Waals surface area contributed by atoms with Crippen LogP contribution in [0.15, 0.2) is 35.9 Å². The maximum Gasteiger partial charge on any atom is 0.251 e. The molecule has 1 rings (SSSR count). The summed E-state index contributed by atoms with van der Waals surface area (Å²) >= 11 is 5.57. The van der Waals surface area contributed by atoms with Crippen LogP contribution in [0.3, 0.4) is 0 Å². The molecule has 1 amide bonds. The number of hydrogen-bond donors (Lipinski definition) is 1. The van der Waals surface area contributed by atoms with Gasteiger partial charge >= 0.3 is 0 Å². The lowest BCUT2D eigenvalue weighted by Crippen LogP contribution is -2.24. The smallest absolute Gasteiger partial charge is 0.251 e. The van der Waals surface area contributed by atoms with Gasteiger partial charge < -0.3 is 5.32 Å². The van der Waals surface area contributed by atoms with Crippen molar-refractivity contribution in [3.63, 3.8) is 0 Å². The third-order valence-electron chi connectivity index (χ3n) is 2.28. The molecule has 1 N–H and O–H groups in total. The van der Waals surface area contributed by atoms with E-state index in [1.165, 1.54) is 5.56 Å². The second-order valence-electron chi connectivity index (χ2n) is 3.98. The molecule has 0 atom stereocenters. The van der Waals surface area contributed by atoms with Gasteiger partial charge in [-0.2, -0.15) is 0 Å². The molecule has 0 unspecified atom stereocenters. The monoisotopic (exact) mass is 237 g/mol. The fraction of sp³-hybridized carbons (Fsp3) is 0.308. The minimum absolute atomic E-state index is 0.128. The van der Waals surface area contributed by atoms with Gasteiger partial charge in [-0.15, -0.1) is 0 Å². The van der Waals surface area contributed by atoms with Crippen LogP contribution in [0.1, 0.15) is 35.7 Å². The zero-order valence-electron chi connectivity index (χ0n) is 9.59. The van der Waals surface area contributed by atoms with E-state index in [1.54, 1.807) is 0 Å². The third kappa shape index (κ3) is 3.70. The number of nitrogens with one attached hydrogen (secondary N) is 1. The fourth-order valence-electron chi connectivity index (χ4n) is 1.30. The van der Waals surface area contributed by atoms with Crippen LogP contribution in [-0.2, 0) is 0 Å². The molecular formula is C13H16ClNO. The summed E-state index contributed by atoms with van der Waals surface area (Å²) in [6, 6.07) is 7.58. The van der Waals surface area contributed by atoms with Crippen molar-refractivity contribution >= 4 is 17.5 Å². The Hall–Kier alpha value is -1.28. The van der Waals surface area contributed by atoms with Gasteiger partial charge in [0.05, 0.1) is 6.54 Å². The molecule has 1 aromatic rings. The van der Waals surface area contributed by atoms with Crippen molar-refractivity contribution in [2.45, 2.75) is 19.8 Å². The van der Waals surface area contributed by atoms with Crippen LogP contribution in [-0.4, -0.2) is 12.5 Å². The normalized spacial score (nSPS) is 10.2. The average molecular weight is 238 g/mol. The number of benzene rings is 1. The van der Waals surface area contributed by atoms with E-state index in [0.29, 0.717) is 23.1 Å². The first-order valence-corrected chi connectivity index (χ1v) is 5.60. The molecule has 0 fully saturated rings. The van der Waals surface area contributed by atoms with E-state index in [0.717, 1.165) is 0 Å². The Morgan fingerprint density at radius 1 is 1.38 bits per heavy atom. The Bertz CT molecular complexity index is 381. The number of amides is 1. The highest BCUT2D eigenvalue weighted by molar-refractivity contribution is 6.29. The first kappa shape index (κ1) is 12.8. The lowest BCUT2D eigenvalue weighted by atomic mass is 10.0. The second-order valence-corrected chi connectivity index (χ2v) is 4.51. The summed E-state index contributed by atoms with van der Waals surface area (Å²) < 4.78 is 0. The molecule has 0 heterocycles. The maximum atomic E-state index is 11.6. The second kappa shape index (κ2) is 5.71. The van der Waals surface area contributed by atoms with Gasteiger partial charge in [0.1, 0.15) is 0 Å². The van der Waals surface area contributed by atoms with Crippen molar-refractivity contribution in [3.8, 4) is 0 Å². The molecule has 2 nitrogen and oxygen atoms in total. The van der Waals surface area contributed by atoms with Crippen LogP contribution in [0.2, 0.25) is 0 Å². The summed E-state index contributed by atoms with van der Waals surface area (Å²) in [6.07, 6.45) is 0. The number of carbonyl (C=O) groups is 1. The average Bonchev–Trinajstić information content (AvgIpc) is 2.26. The van der Waals surface area contributed by atoms with Crippen LogP contribution in [0.5, 0.6) is 0 Å². The van der Waals surface area contributed by atoms with Crippen molar-refractivity contribution < 1.29 is 4.79 Å². The minimum atomic E-state index is -0.128. The van der Waals surface area contributed by atoms with Crippen LogP contribution < -0.4 is 5.32 Å². The Morgan fingerprint density at radius 2 is 1.94 bits per heavy atom. The number of rotatable bonds is 4. The molecule has 0 aliphatic carbocycles. The van der Waals surface area contributed by atoms with Crippen LogP contribution in [0, 0.1) is 0 Å². The molecule has 1 aromatic carbocycles. The largest absolute Gasteiger partial charge is 0.347 e. The lowest BCUT2D eigenvalue weighted by Gasteiger charge is -2.07. The predicted octanol–water partition coefficient (Wildman–Crippen LogP) is 3.29. The van der Waals surface area contributed by atoms with E-state index in [9.17, 15) is 4.79 Å². The number of hydrogen-bond acceptors (Lipinski definition) is 1. The zero-order valence-corrected chi connectivity index (χ0v) is 10.3. The number of halogens is 1. The summed E-state index contributed by atoms with van der Waals surface area (Å²) in [5.41, 5.74) is 1.86. The van der Waals surface area contributed by atoms with E-state index in [4.69, 9.17) is 11.6 Å². The molecule has 16 heavy (non-hydrogen) atoms.